The third-order valence-corrected chi connectivity index (χ3v) is 7.41. The van der Waals surface area contributed by atoms with Crippen molar-refractivity contribution in [2.24, 2.45) is 0 Å². The van der Waals surface area contributed by atoms with Gasteiger partial charge in [0, 0.05) is 59.8 Å². The summed E-state index contributed by atoms with van der Waals surface area (Å²) in [7, 11) is 0. The van der Waals surface area contributed by atoms with Gasteiger partial charge in [-0.2, -0.15) is 9.61 Å². The minimum absolute atomic E-state index is 0.0773. The molecular weight excluding hydrogens is 551 g/mol. The predicted molar refractivity (Wildman–Crippen MR) is 141 cm³/mol. The van der Waals surface area contributed by atoms with Gasteiger partial charge < -0.3 is 10.2 Å². The smallest absolute Gasteiger partial charge is 0.227 e. The van der Waals surface area contributed by atoms with Crippen LogP contribution in [0.15, 0.2) is 59.5 Å². The molecule has 1 aliphatic rings. The van der Waals surface area contributed by atoms with Crippen LogP contribution >= 0.6 is 39.1 Å². The Morgan fingerprint density at radius 2 is 1.97 bits per heavy atom. The number of nitrogens with one attached hydrogen (secondary N) is 1. The predicted octanol–water partition coefficient (Wildman–Crippen LogP) is 5.75. The minimum Gasteiger partial charge on any atom is -0.366 e. The van der Waals surface area contributed by atoms with E-state index in [9.17, 15) is 4.79 Å². The summed E-state index contributed by atoms with van der Waals surface area (Å²) in [6.07, 6.45) is 7.32. The van der Waals surface area contributed by atoms with E-state index in [1.165, 1.54) is 0 Å². The molecule has 35 heavy (non-hydrogen) atoms. The van der Waals surface area contributed by atoms with E-state index in [-0.39, 0.29) is 18.2 Å². The normalized spacial score (nSPS) is 14.4. The topological polar surface area (TPSA) is 75.4 Å². The van der Waals surface area contributed by atoms with E-state index in [0.717, 1.165) is 45.6 Å². The van der Waals surface area contributed by atoms with Crippen molar-refractivity contribution < 1.29 is 4.79 Å². The molecule has 1 amide bonds. The van der Waals surface area contributed by atoms with Gasteiger partial charge in [-0.1, -0.05) is 35.3 Å². The van der Waals surface area contributed by atoms with Gasteiger partial charge in [-0.25, -0.2) is 4.98 Å². The van der Waals surface area contributed by atoms with Gasteiger partial charge in [0.1, 0.15) is 5.82 Å². The third kappa shape index (κ3) is 5.44. The number of fused-ring (bicyclic) bond motifs is 1. The molecule has 180 valence electrons. The Hall–Kier alpha value is -2.68. The summed E-state index contributed by atoms with van der Waals surface area (Å²) in [6, 6.07) is 11.3. The number of rotatable bonds is 6. The Labute approximate surface area is 221 Å². The van der Waals surface area contributed by atoms with Crippen LogP contribution in [0.1, 0.15) is 35.6 Å². The number of carbonyl (C=O) groups is 1. The van der Waals surface area contributed by atoms with Crippen molar-refractivity contribution in [3.63, 3.8) is 0 Å². The quantitative estimate of drug-likeness (QED) is 0.318. The number of carbonyl (C=O) groups excluding carboxylic acids is 1. The van der Waals surface area contributed by atoms with Crippen LogP contribution in [0.2, 0.25) is 10.0 Å². The summed E-state index contributed by atoms with van der Waals surface area (Å²) in [5.74, 6) is 1.20. The van der Waals surface area contributed by atoms with Crippen molar-refractivity contribution in [3.8, 4) is 0 Å². The first-order chi connectivity index (χ1) is 17.0. The maximum Gasteiger partial charge on any atom is 0.227 e. The van der Waals surface area contributed by atoms with Crippen molar-refractivity contribution in [3.05, 3.63) is 86.3 Å². The lowest BCUT2D eigenvalue weighted by Crippen LogP contribution is -2.39. The Balaban J connectivity index is 1.28. The molecule has 4 heterocycles. The number of piperidine rings is 1. The monoisotopic (exact) mass is 572 g/mol. The molecular formula is C25H23BrCl2N6O. The molecule has 7 nitrogen and oxygen atoms in total. The van der Waals surface area contributed by atoms with Gasteiger partial charge in [0.25, 0.3) is 0 Å². The first-order valence-electron chi connectivity index (χ1n) is 11.4. The van der Waals surface area contributed by atoms with E-state index >= 15 is 0 Å². The third-order valence-electron chi connectivity index (χ3n) is 6.27. The molecule has 5 rings (SSSR count). The second-order valence-electron chi connectivity index (χ2n) is 8.58. The molecule has 1 aromatic carbocycles. The minimum atomic E-state index is 0.0773. The van der Waals surface area contributed by atoms with Crippen molar-refractivity contribution in [2.75, 3.05) is 18.4 Å². The molecule has 10 heteroatoms. The van der Waals surface area contributed by atoms with Crippen molar-refractivity contribution in [1.82, 2.24) is 24.5 Å². The molecule has 1 N–H and O–H groups in total. The van der Waals surface area contributed by atoms with Crippen LogP contribution in [-0.2, 0) is 17.8 Å². The molecule has 0 spiro atoms. The van der Waals surface area contributed by atoms with Crippen LogP contribution in [0.5, 0.6) is 0 Å². The molecule has 1 aliphatic heterocycles. The average Bonchev–Trinajstić information content (AvgIpc) is 3.25. The number of likely N-dealkylation sites (tertiary alicyclic amines) is 1. The number of hydrogen-bond donors (Lipinski definition) is 1. The molecule has 0 saturated carbocycles. The summed E-state index contributed by atoms with van der Waals surface area (Å²) < 4.78 is 2.65. The van der Waals surface area contributed by atoms with Crippen LogP contribution in [0, 0.1) is 0 Å². The van der Waals surface area contributed by atoms with E-state index in [1.54, 1.807) is 29.0 Å². The Morgan fingerprint density at radius 3 is 2.71 bits per heavy atom. The van der Waals surface area contributed by atoms with Gasteiger partial charge in [0.05, 0.1) is 17.1 Å². The molecule has 1 saturated heterocycles. The number of hydrogen-bond acceptors (Lipinski definition) is 5. The maximum atomic E-state index is 12.9. The lowest BCUT2D eigenvalue weighted by atomic mass is 9.92. The zero-order valence-corrected chi connectivity index (χ0v) is 21.9. The van der Waals surface area contributed by atoms with E-state index in [4.69, 9.17) is 28.2 Å². The Morgan fingerprint density at radius 1 is 1.14 bits per heavy atom. The first-order valence-corrected chi connectivity index (χ1v) is 12.9. The molecule has 3 aromatic heterocycles. The fourth-order valence-electron chi connectivity index (χ4n) is 4.35. The highest BCUT2D eigenvalue weighted by Gasteiger charge is 2.26. The number of benzene rings is 1. The molecule has 1 fully saturated rings. The number of pyridine rings is 1. The lowest BCUT2D eigenvalue weighted by molar-refractivity contribution is -0.131. The summed E-state index contributed by atoms with van der Waals surface area (Å²) in [6.45, 7) is 1.99. The highest BCUT2D eigenvalue weighted by atomic mass is 79.9. The number of halogens is 3. The molecule has 0 bridgehead atoms. The van der Waals surface area contributed by atoms with Gasteiger partial charge in [0.2, 0.25) is 5.91 Å². The zero-order valence-electron chi connectivity index (χ0n) is 18.8. The lowest BCUT2D eigenvalue weighted by Gasteiger charge is -2.32. The highest BCUT2D eigenvalue weighted by molar-refractivity contribution is 9.10. The second kappa shape index (κ2) is 10.5. The summed E-state index contributed by atoms with van der Waals surface area (Å²) in [5, 5.41) is 9.02. The van der Waals surface area contributed by atoms with E-state index in [2.05, 4.69) is 37.4 Å². The Kier molecular flexibility index (Phi) is 7.22. The van der Waals surface area contributed by atoms with Crippen molar-refractivity contribution in [2.45, 2.75) is 31.7 Å². The number of amides is 1. The molecule has 0 unspecified atom stereocenters. The van der Waals surface area contributed by atoms with Gasteiger partial charge in [-0.3, -0.25) is 9.78 Å². The molecule has 0 aliphatic carbocycles. The standard InChI is InChI=1S/C25H23BrCl2N6O/c26-20-15-31-34-23(30-14-16-2-1-7-29-13-16)12-22(32-25(20)34)17-5-8-33(9-6-17)24(35)10-18-3-4-19(27)11-21(18)28/h1-4,7,11-13,15,17,30H,5-6,8-10,14H2. The van der Waals surface area contributed by atoms with Gasteiger partial charge in [-0.15, -0.1) is 0 Å². The molecule has 4 aromatic rings. The van der Waals surface area contributed by atoms with Crippen molar-refractivity contribution in [1.29, 1.82) is 0 Å². The van der Waals surface area contributed by atoms with E-state index in [0.29, 0.717) is 29.7 Å². The van der Waals surface area contributed by atoms with Crippen LogP contribution in [-0.4, -0.2) is 43.5 Å². The number of nitrogens with zero attached hydrogens (tertiary/aromatic N) is 5. The largest absolute Gasteiger partial charge is 0.366 e. The highest BCUT2D eigenvalue weighted by Crippen LogP contribution is 2.31. The van der Waals surface area contributed by atoms with Crippen LogP contribution < -0.4 is 5.32 Å². The van der Waals surface area contributed by atoms with Crippen LogP contribution in [0.4, 0.5) is 5.82 Å². The summed E-state index contributed by atoms with van der Waals surface area (Å²) >= 11 is 15.8. The zero-order chi connectivity index (χ0) is 24.4. The average molecular weight is 574 g/mol. The number of anilines is 1. The van der Waals surface area contributed by atoms with Gasteiger partial charge in [-0.05, 0) is 58.1 Å². The number of aromatic nitrogens is 4. The van der Waals surface area contributed by atoms with Crippen molar-refractivity contribution >= 4 is 56.5 Å². The molecule has 0 radical (unpaired) electrons. The first kappa shape index (κ1) is 24.0. The van der Waals surface area contributed by atoms with Gasteiger partial charge >= 0.3 is 0 Å². The fraction of sp³-hybridized carbons (Fsp3) is 0.280. The van der Waals surface area contributed by atoms with Crippen LogP contribution in [0.3, 0.4) is 0 Å². The van der Waals surface area contributed by atoms with E-state index < -0.39 is 0 Å². The van der Waals surface area contributed by atoms with Gasteiger partial charge in [0.15, 0.2) is 5.65 Å². The summed E-state index contributed by atoms with van der Waals surface area (Å²) in [4.78, 5) is 23.9. The fourth-order valence-corrected chi connectivity index (χ4v) is 5.17. The maximum absolute atomic E-state index is 12.9. The SMILES string of the molecule is O=C(Cc1ccc(Cl)cc1Cl)N1CCC(c2cc(NCc3cccnc3)n3ncc(Br)c3n2)CC1. The van der Waals surface area contributed by atoms with E-state index in [1.807, 2.05) is 29.3 Å². The van der Waals surface area contributed by atoms with Crippen LogP contribution in [0.25, 0.3) is 5.65 Å². The second-order valence-corrected chi connectivity index (χ2v) is 10.3. The summed E-state index contributed by atoms with van der Waals surface area (Å²) in [5.41, 5.74) is 3.65. The molecule has 0 atom stereocenters. The Bertz CT molecular complexity index is 1360.